The van der Waals surface area contributed by atoms with Crippen molar-refractivity contribution in [1.29, 1.82) is 0 Å². The van der Waals surface area contributed by atoms with E-state index >= 15 is 0 Å². The first kappa shape index (κ1) is 62.7. The van der Waals surface area contributed by atoms with Crippen molar-refractivity contribution in [2.24, 2.45) is 17.8 Å². The highest BCUT2D eigenvalue weighted by atomic mass is 33.1. The number of hydrogen-bond acceptors (Lipinski definition) is 23. The van der Waals surface area contributed by atoms with Crippen LogP contribution < -0.4 is 27.4 Å². The summed E-state index contributed by atoms with van der Waals surface area (Å²) in [5.41, 5.74) is 13.9. The lowest BCUT2D eigenvalue weighted by molar-refractivity contribution is -0.144. The number of carbonyl (C=O) groups is 9. The van der Waals surface area contributed by atoms with E-state index in [0.29, 0.717) is 24.1 Å². The molecular weight excluding hydrogens is 1030 g/mol. The van der Waals surface area contributed by atoms with Crippen LogP contribution in [0.3, 0.4) is 0 Å². The van der Waals surface area contributed by atoms with Gasteiger partial charge in [0.1, 0.15) is 43.3 Å². The molecule has 8 atom stereocenters. The number of anilines is 2. The molecule has 27 nitrogen and oxygen atoms in total. The molecule has 2 heterocycles. The Labute approximate surface area is 436 Å². The van der Waals surface area contributed by atoms with Gasteiger partial charge in [-0.1, -0.05) is 52.8 Å². The van der Waals surface area contributed by atoms with Crippen molar-refractivity contribution in [2.75, 3.05) is 49.3 Å². The number of aliphatic hydroxyl groups is 5. The summed E-state index contributed by atoms with van der Waals surface area (Å²) in [6.45, 7) is -0.807. The van der Waals surface area contributed by atoms with Crippen molar-refractivity contribution in [1.82, 2.24) is 35.9 Å². The quantitative estimate of drug-likeness (QED) is 0.0136. The van der Waals surface area contributed by atoms with Crippen LogP contribution in [0.15, 0.2) is 30.5 Å². The smallest absolute Gasteiger partial charge is 0.327 e. The van der Waals surface area contributed by atoms with Gasteiger partial charge in [0.2, 0.25) is 23.7 Å². The second kappa shape index (κ2) is 32.0. The van der Waals surface area contributed by atoms with Gasteiger partial charge in [0.05, 0.1) is 30.5 Å². The number of nitrogens with two attached hydrogens (primary N) is 2. The molecule has 0 radical (unpaired) electrons. The number of aromatic nitrogens is 4. The Morgan fingerprint density at radius 2 is 1.40 bits per heavy atom. The molecule has 3 rings (SSSR count). The van der Waals surface area contributed by atoms with Crippen LogP contribution in [0.1, 0.15) is 79.9 Å². The molecule has 0 saturated heterocycles. The molecule has 29 heteroatoms. The Kier molecular flexibility index (Phi) is 26.7. The molecule has 0 aliphatic heterocycles. The van der Waals surface area contributed by atoms with E-state index in [9.17, 15) is 73.8 Å². The topological polar surface area (TPSA) is 464 Å². The van der Waals surface area contributed by atoms with Crippen molar-refractivity contribution in [2.45, 2.75) is 102 Å². The van der Waals surface area contributed by atoms with Gasteiger partial charge in [-0.25, -0.2) is 14.8 Å². The lowest BCUT2D eigenvalue weighted by Gasteiger charge is -2.25. The molecule has 1 aromatic carbocycles. The number of nitrogens with zero attached hydrogens (tertiary/aromatic N) is 4. The minimum Gasteiger partial charge on any atom is -0.481 e. The predicted molar refractivity (Wildman–Crippen MR) is 268 cm³/mol. The maximum Gasteiger partial charge on any atom is 0.327 e. The molecule has 412 valence electrons. The Morgan fingerprint density at radius 1 is 0.747 bits per heavy atom. The molecule has 0 fully saturated rings. The number of nitrogens with one attached hydrogen (secondary N) is 3. The van der Waals surface area contributed by atoms with Crippen LogP contribution in [0.5, 0.6) is 0 Å². The van der Waals surface area contributed by atoms with Crippen molar-refractivity contribution in [3.63, 3.8) is 0 Å². The summed E-state index contributed by atoms with van der Waals surface area (Å²) in [6, 6.07) is 5.12. The number of amides is 3. The van der Waals surface area contributed by atoms with Crippen molar-refractivity contribution in [3.8, 4) is 0 Å². The molecule has 0 saturated carbocycles. The number of carbonyl (C=O) groups excluding carboxylic acids is 6. The molecule has 0 aliphatic rings. The number of benzene rings is 1. The zero-order chi connectivity index (χ0) is 55.8. The van der Waals surface area contributed by atoms with Crippen LogP contribution in [0.25, 0.3) is 11.2 Å². The number of hydrogen-bond donors (Lipinski definition) is 13. The van der Waals surface area contributed by atoms with Crippen molar-refractivity contribution in [3.05, 3.63) is 47.3 Å². The van der Waals surface area contributed by atoms with E-state index in [-0.39, 0.29) is 79.6 Å². The Hall–Kier alpha value is -6.63. The van der Waals surface area contributed by atoms with Crippen LogP contribution in [0, 0.1) is 17.8 Å². The van der Waals surface area contributed by atoms with Gasteiger partial charge in [-0.15, -0.1) is 0 Å². The van der Waals surface area contributed by atoms with Gasteiger partial charge in [-0.2, -0.15) is 9.97 Å². The molecule has 2 aromatic heterocycles. The van der Waals surface area contributed by atoms with Crippen molar-refractivity contribution < 1.29 is 88.7 Å². The predicted octanol–water partition coefficient (Wildman–Crippen LogP) is -1.56. The average Bonchev–Trinajstić information content (AvgIpc) is 3.37. The maximum atomic E-state index is 13.4. The first-order valence-electron chi connectivity index (χ1n) is 23.4. The highest BCUT2D eigenvalue weighted by Gasteiger charge is 2.32. The fourth-order valence-electron chi connectivity index (χ4n) is 6.90. The Bertz CT molecular complexity index is 2460. The Morgan fingerprint density at radius 3 is 2.04 bits per heavy atom. The lowest BCUT2D eigenvalue weighted by Crippen LogP contribution is -2.49. The highest BCUT2D eigenvalue weighted by molar-refractivity contribution is 8.76. The number of rotatable bonds is 36. The molecule has 0 unspecified atom stereocenters. The number of aliphatic carboxylic acids is 3. The molecule has 0 bridgehead atoms. The number of esters is 1. The van der Waals surface area contributed by atoms with Gasteiger partial charge in [0, 0.05) is 67.6 Å². The standard InChI is InChI=1S/C46H63N9O18S2/c1-23(2-13-36(63)64)30(57)16-26(8-11-34(61)49-19-32(59)39(66)40(67)33(60)21-56)43(68)53-29(45(71)72)22-75-74-15-14-73-37(65)20-50-35(62)12-9-27(44(69)70)17-31(58)25-6-3-24(4-7-25)5-10-28-18-51-42-38(52-28)41(47)54-46(48)55-42/h3-4,6-7,18,23,26-27,29,32-33,39-40,56,59-60,66-67H,2,5,8-17,19-22H2,1H3,(H,49,61)(H,50,62)(H,53,68)(H,63,64)(H,69,70)(H,71,72)(H4,47,48,51,54,55)/t23-,26+,27+,29-,32-,33+,39+,40+/m0/s1. The summed E-state index contributed by atoms with van der Waals surface area (Å²) in [4.78, 5) is 128. The SMILES string of the molecule is C[C@@H](CCC(=O)O)C(=O)C[C@@H](CCC(=O)NC[C@H](O)[C@@H](O)[C@H](O)[C@H](O)CO)C(=O)N[C@@H](CSSCCOC(=O)CNC(=O)CC[C@H](CC(=O)c1ccc(CCc2cnc3nc(N)nc(N)c3n2)cc1)C(=O)O)C(=O)O. The van der Waals surface area contributed by atoms with E-state index in [2.05, 4.69) is 35.9 Å². The maximum absolute atomic E-state index is 13.4. The minimum absolute atomic E-state index is 0.0181. The average molecular weight is 1090 g/mol. The molecule has 3 aromatic rings. The van der Waals surface area contributed by atoms with Gasteiger partial charge in [-0.05, 0) is 37.7 Å². The number of nitrogen functional groups attached to an aromatic ring is 2. The van der Waals surface area contributed by atoms with Crippen LogP contribution in [0.2, 0.25) is 0 Å². The number of aliphatic hydroxyl groups excluding tert-OH is 5. The van der Waals surface area contributed by atoms with E-state index in [0.717, 1.165) is 27.2 Å². The fraction of sp³-hybridized carbons (Fsp3) is 0.543. The summed E-state index contributed by atoms with van der Waals surface area (Å²) in [7, 11) is 2.07. The number of ether oxygens (including phenoxy) is 1. The zero-order valence-corrected chi connectivity index (χ0v) is 42.4. The number of Topliss-reactive ketones (excluding diaryl/α,β-unsaturated/α-hetero) is 2. The van der Waals surface area contributed by atoms with Crippen molar-refractivity contribution >= 4 is 97.7 Å². The Balaban J connectivity index is 1.39. The summed E-state index contributed by atoms with van der Waals surface area (Å²) in [6.07, 6.45) is -7.40. The van der Waals surface area contributed by atoms with E-state index in [1.807, 2.05) is 0 Å². The monoisotopic (exact) mass is 1090 g/mol. The van der Waals surface area contributed by atoms with Gasteiger partial charge in [0.25, 0.3) is 0 Å². The lowest BCUT2D eigenvalue weighted by atomic mass is 9.89. The van der Waals surface area contributed by atoms with Gasteiger partial charge in [-0.3, -0.25) is 38.4 Å². The third-order valence-corrected chi connectivity index (χ3v) is 13.8. The summed E-state index contributed by atoms with van der Waals surface area (Å²) in [5.74, 6) is -11.3. The number of ketones is 2. The van der Waals surface area contributed by atoms with Gasteiger partial charge < -0.3 is 73.0 Å². The molecule has 75 heavy (non-hydrogen) atoms. The summed E-state index contributed by atoms with van der Waals surface area (Å²) >= 11 is 0. The van der Waals surface area contributed by atoms with Crippen LogP contribution in [-0.4, -0.2) is 182 Å². The fourth-order valence-corrected chi connectivity index (χ4v) is 8.88. The van der Waals surface area contributed by atoms with Crippen LogP contribution in [0.4, 0.5) is 11.8 Å². The summed E-state index contributed by atoms with van der Waals surface area (Å²) in [5, 5.41) is 83.9. The van der Waals surface area contributed by atoms with Crippen LogP contribution >= 0.6 is 21.6 Å². The van der Waals surface area contributed by atoms with Gasteiger partial charge in [0.15, 0.2) is 22.8 Å². The number of fused-ring (bicyclic) bond motifs is 1. The van der Waals surface area contributed by atoms with E-state index in [1.165, 1.54) is 6.92 Å². The zero-order valence-electron chi connectivity index (χ0n) is 40.7. The second-order valence-electron chi connectivity index (χ2n) is 17.2. The third-order valence-electron chi connectivity index (χ3n) is 11.5. The molecule has 3 amide bonds. The summed E-state index contributed by atoms with van der Waals surface area (Å²) < 4.78 is 5.09. The van der Waals surface area contributed by atoms with E-state index in [4.69, 9.17) is 26.4 Å². The molecule has 0 spiro atoms. The minimum atomic E-state index is -1.96. The molecule has 15 N–H and O–H groups in total. The normalized spacial score (nSPS) is 14.5. The number of carboxylic acids is 3. The van der Waals surface area contributed by atoms with Gasteiger partial charge >= 0.3 is 23.9 Å². The second-order valence-corrected chi connectivity index (χ2v) is 19.9. The molecular formula is C46H63N9O18S2. The van der Waals surface area contributed by atoms with E-state index < -0.39 is 134 Å². The van der Waals surface area contributed by atoms with Crippen LogP contribution in [-0.2, 0) is 55.9 Å². The molecule has 0 aliphatic carbocycles. The third kappa shape index (κ3) is 22.4. The highest BCUT2D eigenvalue weighted by Crippen LogP contribution is 2.24. The first-order valence-corrected chi connectivity index (χ1v) is 25.9. The first-order chi connectivity index (χ1) is 35.5. The largest absolute Gasteiger partial charge is 0.481 e. The number of aryl methyl sites for hydroxylation is 2. The number of carboxylic acid groups (broad SMARTS) is 3. The van der Waals surface area contributed by atoms with E-state index in [1.54, 1.807) is 30.5 Å².